The van der Waals surface area contributed by atoms with Crippen molar-refractivity contribution in [1.29, 1.82) is 0 Å². The minimum absolute atomic E-state index is 0.00189. The largest absolute Gasteiger partial charge is 0.497 e. The van der Waals surface area contributed by atoms with Crippen molar-refractivity contribution in [3.05, 3.63) is 83.9 Å². The summed E-state index contributed by atoms with van der Waals surface area (Å²) in [6, 6.07) is 19.7. The lowest BCUT2D eigenvalue weighted by atomic mass is 10.1. The number of para-hydroxylation sites is 1. The number of methoxy groups -OCH3 is 2. The highest BCUT2D eigenvalue weighted by Gasteiger charge is 2.17. The quantitative estimate of drug-likeness (QED) is 0.576. The molecule has 1 amide bonds. The van der Waals surface area contributed by atoms with Crippen molar-refractivity contribution in [3.8, 4) is 11.5 Å². The summed E-state index contributed by atoms with van der Waals surface area (Å²) in [7, 11) is -0.725. The lowest BCUT2D eigenvalue weighted by Crippen LogP contribution is -2.23. The Morgan fingerprint density at radius 1 is 0.900 bits per heavy atom. The van der Waals surface area contributed by atoms with E-state index in [9.17, 15) is 13.2 Å². The lowest BCUT2D eigenvalue weighted by Gasteiger charge is -2.12. The van der Waals surface area contributed by atoms with Crippen molar-refractivity contribution < 1.29 is 22.7 Å². The number of carbonyl (C=O) groups is 1. The molecule has 0 atom stereocenters. The van der Waals surface area contributed by atoms with Gasteiger partial charge in [-0.15, -0.1) is 0 Å². The number of hydrogen-bond acceptors (Lipinski definition) is 5. The van der Waals surface area contributed by atoms with Gasteiger partial charge in [0.15, 0.2) is 0 Å². The maximum absolute atomic E-state index is 12.6. The van der Waals surface area contributed by atoms with E-state index >= 15 is 0 Å². The molecule has 3 aromatic rings. The zero-order chi connectivity index (χ0) is 21.6. The van der Waals surface area contributed by atoms with E-state index in [2.05, 4.69) is 10.0 Å². The molecule has 0 bridgehead atoms. The van der Waals surface area contributed by atoms with E-state index in [4.69, 9.17) is 9.47 Å². The molecule has 0 radical (unpaired) electrons. The second-order valence-corrected chi connectivity index (χ2v) is 8.04. The number of amides is 1. The van der Waals surface area contributed by atoms with Crippen LogP contribution in [0.15, 0.2) is 77.7 Å². The van der Waals surface area contributed by atoms with E-state index < -0.39 is 15.9 Å². The van der Waals surface area contributed by atoms with Crippen LogP contribution in [0.4, 0.5) is 5.69 Å². The summed E-state index contributed by atoms with van der Waals surface area (Å²) in [4.78, 5) is 12.6. The molecule has 0 saturated carbocycles. The van der Waals surface area contributed by atoms with Gasteiger partial charge in [0, 0.05) is 23.4 Å². The molecule has 2 N–H and O–H groups in total. The van der Waals surface area contributed by atoms with Crippen molar-refractivity contribution in [2.45, 2.75) is 11.4 Å². The van der Waals surface area contributed by atoms with Crippen LogP contribution in [0.2, 0.25) is 0 Å². The Balaban J connectivity index is 1.75. The van der Waals surface area contributed by atoms with Crippen LogP contribution in [-0.4, -0.2) is 28.5 Å². The SMILES string of the molecule is COc1ccc(OC)c(CNC(=O)c2cccc(S(=O)(=O)Nc3ccccc3)c2)c1. The maximum Gasteiger partial charge on any atom is 0.261 e. The first-order chi connectivity index (χ1) is 14.4. The van der Waals surface area contributed by atoms with Crippen LogP contribution in [0.1, 0.15) is 15.9 Å². The Morgan fingerprint density at radius 3 is 2.37 bits per heavy atom. The first kappa shape index (κ1) is 21.2. The summed E-state index contributed by atoms with van der Waals surface area (Å²) < 4.78 is 38.3. The number of anilines is 1. The number of benzene rings is 3. The van der Waals surface area contributed by atoms with Crippen molar-refractivity contribution >= 4 is 21.6 Å². The van der Waals surface area contributed by atoms with E-state index in [1.807, 2.05) is 0 Å². The number of nitrogens with one attached hydrogen (secondary N) is 2. The number of ether oxygens (including phenoxy) is 2. The number of carbonyl (C=O) groups excluding carboxylic acids is 1. The smallest absolute Gasteiger partial charge is 0.261 e. The van der Waals surface area contributed by atoms with Gasteiger partial charge in [0.05, 0.1) is 19.1 Å². The Kier molecular flexibility index (Phi) is 6.58. The topological polar surface area (TPSA) is 93.7 Å². The zero-order valence-corrected chi connectivity index (χ0v) is 17.4. The summed E-state index contributed by atoms with van der Waals surface area (Å²) in [5.74, 6) is 0.844. The van der Waals surface area contributed by atoms with Crippen molar-refractivity contribution in [1.82, 2.24) is 5.32 Å². The summed E-state index contributed by atoms with van der Waals surface area (Å²) in [6.07, 6.45) is 0. The molecular formula is C22H22N2O5S. The molecule has 0 spiro atoms. The predicted octanol–water partition coefficient (Wildman–Crippen LogP) is 3.43. The van der Waals surface area contributed by atoms with E-state index in [1.165, 1.54) is 18.2 Å². The summed E-state index contributed by atoms with van der Waals surface area (Å²) in [5, 5.41) is 2.78. The fourth-order valence-electron chi connectivity index (χ4n) is 2.82. The molecule has 3 aromatic carbocycles. The van der Waals surface area contributed by atoms with Gasteiger partial charge in [0.25, 0.3) is 15.9 Å². The van der Waals surface area contributed by atoms with Crippen LogP contribution in [0.3, 0.4) is 0 Å². The summed E-state index contributed by atoms with van der Waals surface area (Å²) in [6.45, 7) is 0.193. The van der Waals surface area contributed by atoms with Crippen LogP contribution in [0.5, 0.6) is 11.5 Å². The van der Waals surface area contributed by atoms with E-state index in [0.717, 1.165) is 5.56 Å². The molecule has 0 aliphatic heterocycles. The highest BCUT2D eigenvalue weighted by molar-refractivity contribution is 7.92. The van der Waals surface area contributed by atoms with Crippen molar-refractivity contribution in [2.24, 2.45) is 0 Å². The average molecular weight is 426 g/mol. The van der Waals surface area contributed by atoms with Gasteiger partial charge in [-0.05, 0) is 48.5 Å². The number of sulfonamides is 1. The molecule has 30 heavy (non-hydrogen) atoms. The van der Waals surface area contributed by atoms with Crippen molar-refractivity contribution in [2.75, 3.05) is 18.9 Å². The standard InChI is InChI=1S/C22H22N2O5S/c1-28-19-11-12-21(29-2)17(13-19)15-23-22(25)16-7-6-10-20(14-16)30(26,27)24-18-8-4-3-5-9-18/h3-14,24H,15H2,1-2H3,(H,23,25). The van der Waals surface area contributed by atoms with Gasteiger partial charge in [-0.2, -0.15) is 0 Å². The number of hydrogen-bond donors (Lipinski definition) is 2. The third kappa shape index (κ3) is 5.09. The fraction of sp³-hybridized carbons (Fsp3) is 0.136. The van der Waals surface area contributed by atoms with Crippen LogP contribution >= 0.6 is 0 Å². The van der Waals surface area contributed by atoms with E-state index in [0.29, 0.717) is 17.2 Å². The van der Waals surface area contributed by atoms with Crippen LogP contribution in [0, 0.1) is 0 Å². The van der Waals surface area contributed by atoms with Crippen LogP contribution < -0.4 is 19.5 Å². The van der Waals surface area contributed by atoms with Gasteiger partial charge in [0.1, 0.15) is 11.5 Å². The monoisotopic (exact) mass is 426 g/mol. The van der Waals surface area contributed by atoms with Gasteiger partial charge in [-0.1, -0.05) is 24.3 Å². The van der Waals surface area contributed by atoms with Crippen molar-refractivity contribution in [3.63, 3.8) is 0 Å². The Bertz CT molecular complexity index is 1130. The minimum atomic E-state index is -3.82. The second kappa shape index (κ2) is 9.32. The molecule has 0 saturated heterocycles. The first-order valence-corrected chi connectivity index (χ1v) is 10.6. The molecule has 7 nitrogen and oxygen atoms in total. The molecule has 156 valence electrons. The van der Waals surface area contributed by atoms with Gasteiger partial charge < -0.3 is 14.8 Å². The molecule has 0 unspecified atom stereocenters. The van der Waals surface area contributed by atoms with E-state index in [-0.39, 0.29) is 17.0 Å². The van der Waals surface area contributed by atoms with Crippen LogP contribution in [0.25, 0.3) is 0 Å². The van der Waals surface area contributed by atoms with Crippen LogP contribution in [-0.2, 0) is 16.6 Å². The average Bonchev–Trinajstić information content (AvgIpc) is 2.77. The lowest BCUT2D eigenvalue weighted by molar-refractivity contribution is 0.0950. The van der Waals surface area contributed by atoms with Gasteiger partial charge in [0.2, 0.25) is 0 Å². The molecule has 8 heteroatoms. The van der Waals surface area contributed by atoms with Gasteiger partial charge in [-0.25, -0.2) is 8.42 Å². The van der Waals surface area contributed by atoms with Gasteiger partial charge >= 0.3 is 0 Å². The van der Waals surface area contributed by atoms with E-state index in [1.54, 1.807) is 68.8 Å². The highest BCUT2D eigenvalue weighted by Crippen LogP contribution is 2.24. The summed E-state index contributed by atoms with van der Waals surface area (Å²) in [5.41, 5.74) is 1.41. The Labute approximate surface area is 175 Å². The molecule has 0 aliphatic carbocycles. The zero-order valence-electron chi connectivity index (χ0n) is 16.6. The fourth-order valence-corrected chi connectivity index (χ4v) is 3.93. The molecule has 0 aliphatic rings. The highest BCUT2D eigenvalue weighted by atomic mass is 32.2. The third-order valence-corrected chi connectivity index (χ3v) is 5.74. The Hall–Kier alpha value is -3.52. The minimum Gasteiger partial charge on any atom is -0.497 e. The summed E-state index contributed by atoms with van der Waals surface area (Å²) >= 11 is 0. The number of rotatable bonds is 8. The molecule has 0 heterocycles. The van der Waals surface area contributed by atoms with Gasteiger partial charge in [-0.3, -0.25) is 9.52 Å². The molecule has 0 fully saturated rings. The third-order valence-electron chi connectivity index (χ3n) is 4.36. The molecular weight excluding hydrogens is 404 g/mol. The Morgan fingerprint density at radius 2 is 1.67 bits per heavy atom. The molecule has 0 aromatic heterocycles. The maximum atomic E-state index is 12.6. The first-order valence-electron chi connectivity index (χ1n) is 9.10. The predicted molar refractivity (Wildman–Crippen MR) is 114 cm³/mol. The molecule has 3 rings (SSSR count). The normalized spacial score (nSPS) is 10.9. The second-order valence-electron chi connectivity index (χ2n) is 6.36.